The van der Waals surface area contributed by atoms with Crippen LogP contribution in [0.25, 0.3) is 0 Å². The SMILES string of the molecule is Cc1cccc(N)c1NC(=O)C1CCC(F)(F)C1. The smallest absolute Gasteiger partial charge is 0.248 e. The van der Waals surface area contributed by atoms with E-state index in [9.17, 15) is 13.6 Å². The van der Waals surface area contributed by atoms with Crippen LogP contribution in [0.1, 0.15) is 24.8 Å². The van der Waals surface area contributed by atoms with Crippen molar-refractivity contribution in [3.63, 3.8) is 0 Å². The second-order valence-electron chi connectivity index (χ2n) is 4.82. The zero-order valence-corrected chi connectivity index (χ0v) is 10.2. The van der Waals surface area contributed by atoms with Crippen LogP contribution < -0.4 is 11.1 Å². The molecule has 3 N–H and O–H groups in total. The Labute approximate surface area is 104 Å². The topological polar surface area (TPSA) is 55.1 Å². The van der Waals surface area contributed by atoms with Crippen molar-refractivity contribution in [1.82, 2.24) is 0 Å². The minimum absolute atomic E-state index is 0.214. The van der Waals surface area contributed by atoms with E-state index in [4.69, 9.17) is 5.73 Å². The molecule has 1 atom stereocenters. The lowest BCUT2D eigenvalue weighted by atomic mass is 10.1. The summed E-state index contributed by atoms with van der Waals surface area (Å²) in [6.45, 7) is 1.81. The number of amides is 1. The first-order chi connectivity index (χ1) is 8.39. The lowest BCUT2D eigenvalue weighted by Crippen LogP contribution is -2.23. The Balaban J connectivity index is 2.08. The molecule has 2 rings (SSSR count). The number of benzene rings is 1. The van der Waals surface area contributed by atoms with Crippen LogP contribution in [0.5, 0.6) is 0 Å². The van der Waals surface area contributed by atoms with Crippen molar-refractivity contribution in [3.05, 3.63) is 23.8 Å². The van der Waals surface area contributed by atoms with Crippen molar-refractivity contribution < 1.29 is 13.6 Å². The molecule has 0 bridgehead atoms. The molecule has 1 aliphatic carbocycles. The number of hydrogen-bond donors (Lipinski definition) is 2. The summed E-state index contributed by atoms with van der Waals surface area (Å²) >= 11 is 0. The van der Waals surface area contributed by atoms with Crippen LogP contribution in [0, 0.1) is 12.8 Å². The predicted octanol–water partition coefficient (Wildman–Crippen LogP) is 2.95. The van der Waals surface area contributed by atoms with Gasteiger partial charge in [0.05, 0.1) is 11.4 Å². The van der Waals surface area contributed by atoms with Gasteiger partial charge in [-0.2, -0.15) is 0 Å². The highest BCUT2D eigenvalue weighted by Gasteiger charge is 2.42. The van der Waals surface area contributed by atoms with Gasteiger partial charge in [0, 0.05) is 18.8 Å². The number of alkyl halides is 2. The maximum atomic E-state index is 13.0. The minimum Gasteiger partial charge on any atom is -0.397 e. The molecule has 1 aromatic carbocycles. The Morgan fingerprint density at radius 2 is 2.22 bits per heavy atom. The number of halogens is 2. The largest absolute Gasteiger partial charge is 0.397 e. The molecule has 0 spiro atoms. The summed E-state index contributed by atoms with van der Waals surface area (Å²) in [4.78, 5) is 11.9. The van der Waals surface area contributed by atoms with Gasteiger partial charge in [0.25, 0.3) is 0 Å². The third kappa shape index (κ3) is 2.60. The van der Waals surface area contributed by atoms with Crippen LogP contribution in [-0.2, 0) is 4.79 Å². The number of anilines is 2. The number of carbonyl (C=O) groups is 1. The van der Waals surface area contributed by atoms with Crippen molar-refractivity contribution in [1.29, 1.82) is 0 Å². The minimum atomic E-state index is -2.71. The molecule has 1 amide bonds. The average Bonchev–Trinajstić information content (AvgIpc) is 2.64. The van der Waals surface area contributed by atoms with E-state index in [0.29, 0.717) is 11.4 Å². The van der Waals surface area contributed by atoms with Gasteiger partial charge in [0.2, 0.25) is 11.8 Å². The third-order valence-electron chi connectivity index (χ3n) is 3.33. The molecule has 5 heteroatoms. The molecule has 1 saturated carbocycles. The first-order valence-corrected chi connectivity index (χ1v) is 5.93. The number of nitrogen functional groups attached to an aromatic ring is 1. The molecule has 1 fully saturated rings. The van der Waals surface area contributed by atoms with Crippen LogP contribution in [0.4, 0.5) is 20.2 Å². The zero-order chi connectivity index (χ0) is 13.3. The van der Waals surface area contributed by atoms with Gasteiger partial charge in [-0.1, -0.05) is 12.1 Å². The summed E-state index contributed by atoms with van der Waals surface area (Å²) < 4.78 is 26.1. The van der Waals surface area contributed by atoms with Crippen LogP contribution >= 0.6 is 0 Å². The first kappa shape index (κ1) is 12.8. The molecule has 0 radical (unpaired) electrons. The summed E-state index contributed by atoms with van der Waals surface area (Å²) in [5.74, 6) is -3.70. The number of carbonyl (C=O) groups excluding carboxylic acids is 1. The van der Waals surface area contributed by atoms with Gasteiger partial charge in [-0.25, -0.2) is 8.78 Å². The highest BCUT2D eigenvalue weighted by atomic mass is 19.3. The summed E-state index contributed by atoms with van der Waals surface area (Å²) in [5.41, 5.74) is 7.56. The summed E-state index contributed by atoms with van der Waals surface area (Å²) in [6, 6.07) is 5.27. The highest BCUT2D eigenvalue weighted by Crippen LogP contribution is 2.39. The standard InChI is InChI=1S/C13H16F2N2O/c1-8-3-2-4-10(16)11(8)17-12(18)9-5-6-13(14,15)7-9/h2-4,9H,5-7,16H2,1H3,(H,17,18). The fourth-order valence-electron chi connectivity index (χ4n) is 2.26. The number of aryl methyl sites for hydroxylation is 1. The molecule has 98 valence electrons. The molecular formula is C13H16F2N2O. The fraction of sp³-hybridized carbons (Fsp3) is 0.462. The molecule has 0 saturated heterocycles. The number of rotatable bonds is 2. The van der Waals surface area contributed by atoms with Crippen molar-refractivity contribution in [2.45, 2.75) is 32.1 Å². The summed E-state index contributed by atoms with van der Waals surface area (Å²) in [7, 11) is 0. The molecule has 0 aromatic heterocycles. The second-order valence-corrected chi connectivity index (χ2v) is 4.82. The van der Waals surface area contributed by atoms with E-state index in [0.717, 1.165) is 5.56 Å². The molecule has 0 heterocycles. The van der Waals surface area contributed by atoms with Crippen LogP contribution in [0.3, 0.4) is 0 Å². The number of nitrogens with two attached hydrogens (primary N) is 1. The highest BCUT2D eigenvalue weighted by molar-refractivity contribution is 5.96. The Morgan fingerprint density at radius 3 is 2.78 bits per heavy atom. The van der Waals surface area contributed by atoms with Gasteiger partial charge in [0.15, 0.2) is 0 Å². The van der Waals surface area contributed by atoms with Crippen molar-refractivity contribution in [2.75, 3.05) is 11.1 Å². The zero-order valence-electron chi connectivity index (χ0n) is 10.2. The Hall–Kier alpha value is -1.65. The van der Waals surface area contributed by atoms with Crippen LogP contribution in [-0.4, -0.2) is 11.8 Å². The van der Waals surface area contributed by atoms with Crippen LogP contribution in [0.2, 0.25) is 0 Å². The molecule has 18 heavy (non-hydrogen) atoms. The van der Waals surface area contributed by atoms with Gasteiger partial charge in [-0.3, -0.25) is 4.79 Å². The molecule has 1 aliphatic rings. The van der Waals surface area contributed by atoms with Gasteiger partial charge in [0.1, 0.15) is 0 Å². The van der Waals surface area contributed by atoms with Crippen molar-refractivity contribution in [3.8, 4) is 0 Å². The van der Waals surface area contributed by atoms with E-state index in [-0.39, 0.29) is 25.2 Å². The van der Waals surface area contributed by atoms with E-state index in [1.54, 1.807) is 12.1 Å². The lowest BCUT2D eigenvalue weighted by molar-refractivity contribution is -0.120. The third-order valence-corrected chi connectivity index (χ3v) is 3.33. The van der Waals surface area contributed by atoms with Gasteiger partial charge >= 0.3 is 0 Å². The molecular weight excluding hydrogens is 238 g/mol. The monoisotopic (exact) mass is 254 g/mol. The Bertz CT molecular complexity index is 454. The normalized spacial score (nSPS) is 21.8. The van der Waals surface area contributed by atoms with E-state index in [1.807, 2.05) is 13.0 Å². The maximum absolute atomic E-state index is 13.0. The molecule has 1 aromatic rings. The quantitative estimate of drug-likeness (QED) is 0.797. The van der Waals surface area contributed by atoms with E-state index in [1.165, 1.54) is 0 Å². The number of hydrogen-bond acceptors (Lipinski definition) is 2. The second kappa shape index (κ2) is 4.55. The van der Waals surface area contributed by atoms with E-state index in [2.05, 4.69) is 5.32 Å². The number of nitrogens with one attached hydrogen (secondary N) is 1. The van der Waals surface area contributed by atoms with Gasteiger partial charge in [-0.05, 0) is 25.0 Å². The number of para-hydroxylation sites is 1. The predicted molar refractivity (Wildman–Crippen MR) is 66.5 cm³/mol. The Kier molecular flexibility index (Phi) is 3.24. The molecule has 3 nitrogen and oxygen atoms in total. The first-order valence-electron chi connectivity index (χ1n) is 5.93. The maximum Gasteiger partial charge on any atom is 0.248 e. The van der Waals surface area contributed by atoms with Gasteiger partial charge < -0.3 is 11.1 Å². The van der Waals surface area contributed by atoms with Crippen molar-refractivity contribution >= 4 is 17.3 Å². The fourth-order valence-corrected chi connectivity index (χ4v) is 2.26. The van der Waals surface area contributed by atoms with Gasteiger partial charge in [-0.15, -0.1) is 0 Å². The Morgan fingerprint density at radius 1 is 1.50 bits per heavy atom. The van der Waals surface area contributed by atoms with Crippen LogP contribution in [0.15, 0.2) is 18.2 Å². The summed E-state index contributed by atoms with van der Waals surface area (Å²) in [5, 5.41) is 2.66. The van der Waals surface area contributed by atoms with Crippen molar-refractivity contribution in [2.24, 2.45) is 5.92 Å². The summed E-state index contributed by atoms with van der Waals surface area (Å²) in [6.07, 6.45) is -0.358. The van der Waals surface area contributed by atoms with E-state index < -0.39 is 11.8 Å². The van der Waals surface area contributed by atoms with E-state index >= 15 is 0 Å². The molecule has 0 aliphatic heterocycles. The average molecular weight is 254 g/mol. The molecule has 1 unspecified atom stereocenters. The lowest BCUT2D eigenvalue weighted by Gasteiger charge is -2.14.